The minimum atomic E-state index is 0.189. The first-order valence-electron chi connectivity index (χ1n) is 6.28. The monoisotopic (exact) mass is 246 g/mol. The Labute approximate surface area is 106 Å². The SMILES string of the molecule is CCCCC(C)c1ccc(O)c(-n2cnnn2)c1. The second-order valence-corrected chi connectivity index (χ2v) is 4.55. The van der Waals surface area contributed by atoms with Crippen molar-refractivity contribution in [2.45, 2.75) is 39.0 Å². The molecule has 5 nitrogen and oxygen atoms in total. The topological polar surface area (TPSA) is 63.8 Å². The number of hydrogen-bond acceptors (Lipinski definition) is 4. The van der Waals surface area contributed by atoms with Crippen LogP contribution in [0.3, 0.4) is 0 Å². The molecule has 96 valence electrons. The highest BCUT2D eigenvalue weighted by Crippen LogP contribution is 2.28. The molecule has 0 aliphatic heterocycles. The summed E-state index contributed by atoms with van der Waals surface area (Å²) in [6, 6.07) is 5.62. The van der Waals surface area contributed by atoms with Gasteiger partial charge in [-0.1, -0.05) is 32.8 Å². The summed E-state index contributed by atoms with van der Waals surface area (Å²) in [6.45, 7) is 4.39. The van der Waals surface area contributed by atoms with E-state index in [4.69, 9.17) is 0 Å². The fourth-order valence-corrected chi connectivity index (χ4v) is 1.98. The Morgan fingerprint density at radius 3 is 2.89 bits per heavy atom. The third-order valence-corrected chi connectivity index (χ3v) is 3.16. The zero-order chi connectivity index (χ0) is 13.0. The number of phenolic OH excluding ortho intramolecular Hbond substituents is 1. The third-order valence-electron chi connectivity index (χ3n) is 3.16. The molecule has 1 aromatic carbocycles. The molecule has 2 aromatic rings. The standard InChI is InChI=1S/C13H18N4O/c1-3-4-5-10(2)11-6-7-13(18)12(8-11)17-9-14-15-16-17/h6-10,18H,3-5H2,1-2H3. The van der Waals surface area contributed by atoms with Crippen molar-refractivity contribution in [3.63, 3.8) is 0 Å². The number of unbranched alkanes of at least 4 members (excludes halogenated alkanes) is 1. The molecule has 5 heteroatoms. The van der Waals surface area contributed by atoms with Crippen LogP contribution in [-0.4, -0.2) is 25.3 Å². The van der Waals surface area contributed by atoms with E-state index in [1.807, 2.05) is 12.1 Å². The maximum absolute atomic E-state index is 9.85. The molecule has 0 bridgehead atoms. The summed E-state index contributed by atoms with van der Waals surface area (Å²) in [6.07, 6.45) is 5.04. The van der Waals surface area contributed by atoms with Crippen molar-refractivity contribution in [2.24, 2.45) is 0 Å². The van der Waals surface area contributed by atoms with Crippen LogP contribution in [0.5, 0.6) is 5.75 Å². The smallest absolute Gasteiger partial charge is 0.144 e. The van der Waals surface area contributed by atoms with Crippen LogP contribution in [0.2, 0.25) is 0 Å². The predicted molar refractivity (Wildman–Crippen MR) is 68.8 cm³/mol. The Balaban J connectivity index is 2.26. The lowest BCUT2D eigenvalue weighted by Crippen LogP contribution is -1.99. The van der Waals surface area contributed by atoms with Crippen LogP contribution in [0.15, 0.2) is 24.5 Å². The van der Waals surface area contributed by atoms with Crippen molar-refractivity contribution in [3.8, 4) is 11.4 Å². The molecule has 1 unspecified atom stereocenters. The summed E-state index contributed by atoms with van der Waals surface area (Å²) >= 11 is 0. The maximum atomic E-state index is 9.85. The quantitative estimate of drug-likeness (QED) is 0.881. The van der Waals surface area contributed by atoms with Crippen LogP contribution in [0, 0.1) is 0 Å². The molecule has 1 N–H and O–H groups in total. The Morgan fingerprint density at radius 2 is 2.22 bits per heavy atom. The van der Waals surface area contributed by atoms with E-state index in [-0.39, 0.29) is 5.75 Å². The molecule has 0 amide bonds. The largest absolute Gasteiger partial charge is 0.506 e. The van der Waals surface area contributed by atoms with E-state index in [0.29, 0.717) is 11.6 Å². The van der Waals surface area contributed by atoms with Gasteiger partial charge in [-0.05, 0) is 40.5 Å². The summed E-state index contributed by atoms with van der Waals surface area (Å²) in [5.41, 5.74) is 1.83. The van der Waals surface area contributed by atoms with Crippen molar-refractivity contribution in [1.29, 1.82) is 0 Å². The molecular formula is C13H18N4O. The van der Waals surface area contributed by atoms with E-state index in [0.717, 1.165) is 6.42 Å². The lowest BCUT2D eigenvalue weighted by molar-refractivity contribution is 0.469. The van der Waals surface area contributed by atoms with Crippen molar-refractivity contribution in [2.75, 3.05) is 0 Å². The number of aromatic hydroxyl groups is 1. The minimum absolute atomic E-state index is 0.189. The van der Waals surface area contributed by atoms with Crippen molar-refractivity contribution < 1.29 is 5.11 Å². The second kappa shape index (κ2) is 5.62. The number of phenols is 1. The molecule has 0 radical (unpaired) electrons. The lowest BCUT2D eigenvalue weighted by atomic mass is 9.95. The first-order valence-corrected chi connectivity index (χ1v) is 6.28. The van der Waals surface area contributed by atoms with Gasteiger partial charge in [0, 0.05) is 0 Å². The highest BCUT2D eigenvalue weighted by atomic mass is 16.3. The van der Waals surface area contributed by atoms with E-state index in [1.165, 1.54) is 29.4 Å². The predicted octanol–water partition coefficient (Wildman–Crippen LogP) is 2.66. The molecule has 0 fully saturated rings. The van der Waals surface area contributed by atoms with Gasteiger partial charge < -0.3 is 5.11 Å². The summed E-state index contributed by atoms with van der Waals surface area (Å²) in [5, 5.41) is 20.8. The zero-order valence-corrected chi connectivity index (χ0v) is 10.7. The maximum Gasteiger partial charge on any atom is 0.144 e. The van der Waals surface area contributed by atoms with Crippen molar-refractivity contribution >= 4 is 0 Å². The molecule has 1 atom stereocenters. The van der Waals surface area contributed by atoms with Crippen molar-refractivity contribution in [3.05, 3.63) is 30.1 Å². The normalized spacial score (nSPS) is 12.6. The van der Waals surface area contributed by atoms with Crippen LogP contribution in [0.25, 0.3) is 5.69 Å². The minimum Gasteiger partial charge on any atom is -0.506 e. The molecular weight excluding hydrogens is 228 g/mol. The van der Waals surface area contributed by atoms with Crippen LogP contribution in [0.4, 0.5) is 0 Å². The summed E-state index contributed by atoms with van der Waals surface area (Å²) in [7, 11) is 0. The second-order valence-electron chi connectivity index (χ2n) is 4.55. The van der Waals surface area contributed by atoms with Gasteiger partial charge >= 0.3 is 0 Å². The highest BCUT2D eigenvalue weighted by Gasteiger charge is 2.10. The summed E-state index contributed by atoms with van der Waals surface area (Å²) in [4.78, 5) is 0. The Kier molecular flexibility index (Phi) is 3.92. The number of benzene rings is 1. The zero-order valence-electron chi connectivity index (χ0n) is 10.7. The highest BCUT2D eigenvalue weighted by molar-refractivity contribution is 5.47. The van der Waals surface area contributed by atoms with Crippen molar-refractivity contribution in [1.82, 2.24) is 20.2 Å². The van der Waals surface area contributed by atoms with Crippen LogP contribution < -0.4 is 0 Å². The van der Waals surface area contributed by atoms with Crippen LogP contribution in [-0.2, 0) is 0 Å². The van der Waals surface area contributed by atoms with Gasteiger partial charge in [-0.15, -0.1) is 5.10 Å². The van der Waals surface area contributed by atoms with E-state index in [2.05, 4.69) is 29.4 Å². The van der Waals surface area contributed by atoms with E-state index >= 15 is 0 Å². The van der Waals surface area contributed by atoms with Gasteiger partial charge in [-0.3, -0.25) is 0 Å². The number of aromatic nitrogens is 4. The summed E-state index contributed by atoms with van der Waals surface area (Å²) < 4.78 is 1.48. The third kappa shape index (κ3) is 2.67. The Hall–Kier alpha value is -1.91. The van der Waals surface area contributed by atoms with Gasteiger partial charge in [0.2, 0.25) is 0 Å². The van der Waals surface area contributed by atoms with E-state index < -0.39 is 0 Å². The van der Waals surface area contributed by atoms with Gasteiger partial charge in [-0.25, -0.2) is 0 Å². The Morgan fingerprint density at radius 1 is 1.39 bits per heavy atom. The number of tetrazole rings is 1. The number of rotatable bonds is 5. The molecule has 1 heterocycles. The molecule has 0 saturated carbocycles. The van der Waals surface area contributed by atoms with Gasteiger partial charge in [0.25, 0.3) is 0 Å². The first kappa shape index (κ1) is 12.5. The molecule has 0 aliphatic rings. The molecule has 1 aromatic heterocycles. The molecule has 0 spiro atoms. The van der Waals surface area contributed by atoms with E-state index in [9.17, 15) is 5.11 Å². The lowest BCUT2D eigenvalue weighted by Gasteiger charge is -2.13. The fraction of sp³-hybridized carbons (Fsp3) is 0.462. The fourth-order valence-electron chi connectivity index (χ4n) is 1.98. The number of hydrogen-bond donors (Lipinski definition) is 1. The average molecular weight is 246 g/mol. The van der Waals surface area contributed by atoms with Gasteiger partial charge in [0.05, 0.1) is 0 Å². The van der Waals surface area contributed by atoms with Gasteiger partial charge in [0.15, 0.2) is 0 Å². The van der Waals surface area contributed by atoms with E-state index in [1.54, 1.807) is 6.07 Å². The summed E-state index contributed by atoms with van der Waals surface area (Å²) in [5.74, 6) is 0.662. The Bertz CT molecular complexity index is 496. The van der Waals surface area contributed by atoms with Crippen LogP contribution >= 0.6 is 0 Å². The average Bonchev–Trinajstić information content (AvgIpc) is 2.90. The first-order chi connectivity index (χ1) is 8.72. The molecule has 0 aliphatic carbocycles. The molecule has 18 heavy (non-hydrogen) atoms. The van der Waals surface area contributed by atoms with Gasteiger partial charge in [-0.2, -0.15) is 4.68 Å². The number of nitrogens with zero attached hydrogens (tertiary/aromatic N) is 4. The van der Waals surface area contributed by atoms with Crippen LogP contribution in [0.1, 0.15) is 44.6 Å². The van der Waals surface area contributed by atoms with Gasteiger partial charge in [0.1, 0.15) is 17.8 Å². The molecule has 2 rings (SSSR count). The molecule has 0 saturated heterocycles.